The van der Waals surface area contributed by atoms with Crippen LogP contribution in [-0.2, 0) is 9.59 Å². The van der Waals surface area contributed by atoms with E-state index < -0.39 is 12.0 Å². The Bertz CT molecular complexity index is 431. The summed E-state index contributed by atoms with van der Waals surface area (Å²) in [7, 11) is 0. The van der Waals surface area contributed by atoms with E-state index in [4.69, 9.17) is 0 Å². The van der Waals surface area contributed by atoms with E-state index >= 15 is 0 Å². The monoisotopic (exact) mass is 312 g/mol. The maximum Gasteiger partial charge on any atom is 0.327 e. The van der Waals surface area contributed by atoms with Gasteiger partial charge in [0.15, 0.2) is 0 Å². The Morgan fingerprint density at radius 3 is 2.90 bits per heavy atom. The highest BCUT2D eigenvalue weighted by Gasteiger charge is 2.49. The third kappa shape index (κ3) is 2.68. The number of carbonyl (C=O) groups is 2. The molecule has 0 aromatic heterocycles. The fourth-order valence-corrected chi connectivity index (χ4v) is 5.66. The second kappa shape index (κ2) is 6.16. The molecule has 0 aromatic carbocycles. The molecular weight excluding hydrogens is 288 g/mol. The third-order valence-electron chi connectivity index (χ3n) is 5.18. The standard InChI is InChI=1S/C15H24N2O3S/c1-2-4-12-17(11(8-21-12)15(19)20)14(18)13-10-6-3-5-9(10)7-16-13/h9-13,16H,2-8H2,1H3,(H,19,20). The van der Waals surface area contributed by atoms with Crippen molar-refractivity contribution in [3.63, 3.8) is 0 Å². The first kappa shape index (κ1) is 15.2. The van der Waals surface area contributed by atoms with Crippen LogP contribution in [0.3, 0.4) is 0 Å². The van der Waals surface area contributed by atoms with Crippen molar-refractivity contribution in [2.75, 3.05) is 12.3 Å². The lowest BCUT2D eigenvalue weighted by Gasteiger charge is -2.31. The van der Waals surface area contributed by atoms with Crippen LogP contribution in [0.5, 0.6) is 0 Å². The molecule has 2 heterocycles. The summed E-state index contributed by atoms with van der Waals surface area (Å²) in [5, 5.41) is 12.8. The Labute approximate surface area is 129 Å². The SMILES string of the molecule is CCCC1SCC(C(=O)O)N1C(=O)C1NCC2CCCC21. The van der Waals surface area contributed by atoms with Crippen molar-refractivity contribution < 1.29 is 14.7 Å². The summed E-state index contributed by atoms with van der Waals surface area (Å²) in [5.74, 6) is 0.713. The van der Waals surface area contributed by atoms with Gasteiger partial charge in [-0.25, -0.2) is 4.79 Å². The second-order valence-electron chi connectivity index (χ2n) is 6.42. The predicted octanol–water partition coefficient (Wildman–Crippen LogP) is 1.53. The number of hydrogen-bond acceptors (Lipinski definition) is 4. The summed E-state index contributed by atoms with van der Waals surface area (Å²) in [4.78, 5) is 26.1. The zero-order chi connectivity index (χ0) is 15.0. The van der Waals surface area contributed by atoms with Crippen molar-refractivity contribution in [1.29, 1.82) is 0 Å². The molecule has 0 spiro atoms. The van der Waals surface area contributed by atoms with E-state index in [2.05, 4.69) is 12.2 Å². The number of hydrogen-bond donors (Lipinski definition) is 2. The third-order valence-corrected chi connectivity index (χ3v) is 6.54. The van der Waals surface area contributed by atoms with E-state index in [0.29, 0.717) is 17.6 Å². The summed E-state index contributed by atoms with van der Waals surface area (Å²) in [6.45, 7) is 3.00. The Morgan fingerprint density at radius 1 is 1.38 bits per heavy atom. The fourth-order valence-electron chi connectivity index (χ4n) is 4.14. The van der Waals surface area contributed by atoms with Crippen LogP contribution in [0.4, 0.5) is 0 Å². The minimum absolute atomic E-state index is 0.0280. The van der Waals surface area contributed by atoms with Crippen molar-refractivity contribution in [1.82, 2.24) is 10.2 Å². The van der Waals surface area contributed by atoms with Crippen LogP contribution in [0.1, 0.15) is 39.0 Å². The highest BCUT2D eigenvalue weighted by Crippen LogP contribution is 2.40. The number of rotatable bonds is 4. The number of carboxylic acids is 1. The second-order valence-corrected chi connectivity index (χ2v) is 7.63. The molecule has 5 nitrogen and oxygen atoms in total. The Balaban J connectivity index is 1.77. The average Bonchev–Trinajstić information content (AvgIpc) is 3.12. The molecule has 21 heavy (non-hydrogen) atoms. The number of aliphatic carboxylic acids is 1. The van der Waals surface area contributed by atoms with Gasteiger partial charge in [0.25, 0.3) is 0 Å². The number of carbonyl (C=O) groups excluding carboxylic acids is 1. The van der Waals surface area contributed by atoms with Crippen LogP contribution >= 0.6 is 11.8 Å². The Morgan fingerprint density at radius 2 is 2.19 bits per heavy atom. The lowest BCUT2D eigenvalue weighted by atomic mass is 9.93. The van der Waals surface area contributed by atoms with Gasteiger partial charge in [0.2, 0.25) is 5.91 Å². The number of nitrogens with zero attached hydrogens (tertiary/aromatic N) is 1. The van der Waals surface area contributed by atoms with Crippen molar-refractivity contribution in [3.05, 3.63) is 0 Å². The minimum atomic E-state index is -0.865. The lowest BCUT2D eigenvalue weighted by molar-refractivity contribution is -0.150. The first-order chi connectivity index (χ1) is 10.1. The van der Waals surface area contributed by atoms with Crippen molar-refractivity contribution in [2.45, 2.75) is 56.5 Å². The first-order valence-corrected chi connectivity index (χ1v) is 9.08. The van der Waals surface area contributed by atoms with Gasteiger partial charge in [0.05, 0.1) is 11.4 Å². The lowest BCUT2D eigenvalue weighted by Crippen LogP contribution is -2.53. The van der Waals surface area contributed by atoms with Crippen molar-refractivity contribution >= 4 is 23.6 Å². The summed E-state index contributed by atoms with van der Waals surface area (Å²) < 4.78 is 0. The van der Waals surface area contributed by atoms with E-state index in [0.717, 1.165) is 25.8 Å². The molecule has 2 aliphatic heterocycles. The molecule has 6 heteroatoms. The molecule has 118 valence electrons. The van der Waals surface area contributed by atoms with E-state index in [-0.39, 0.29) is 17.3 Å². The molecule has 3 aliphatic rings. The van der Waals surface area contributed by atoms with Crippen molar-refractivity contribution in [2.24, 2.45) is 11.8 Å². The van der Waals surface area contributed by atoms with Gasteiger partial charge < -0.3 is 15.3 Å². The van der Waals surface area contributed by atoms with E-state index in [1.165, 1.54) is 12.8 Å². The van der Waals surface area contributed by atoms with Gasteiger partial charge in [-0.05, 0) is 37.6 Å². The molecule has 0 bridgehead atoms. The molecule has 5 unspecified atom stereocenters. The normalized spacial score (nSPS) is 38.7. The average molecular weight is 312 g/mol. The molecule has 1 saturated carbocycles. The topological polar surface area (TPSA) is 69.6 Å². The van der Waals surface area contributed by atoms with Gasteiger partial charge >= 0.3 is 5.97 Å². The van der Waals surface area contributed by atoms with Crippen LogP contribution in [-0.4, -0.2) is 51.6 Å². The van der Waals surface area contributed by atoms with E-state index in [1.54, 1.807) is 16.7 Å². The van der Waals surface area contributed by atoms with Crippen LogP contribution < -0.4 is 5.32 Å². The quantitative estimate of drug-likeness (QED) is 0.824. The summed E-state index contributed by atoms with van der Waals surface area (Å²) >= 11 is 1.62. The molecule has 3 fully saturated rings. The van der Waals surface area contributed by atoms with Gasteiger partial charge in [0, 0.05) is 5.75 Å². The number of nitrogens with one attached hydrogen (secondary N) is 1. The zero-order valence-electron chi connectivity index (χ0n) is 12.5. The molecule has 2 saturated heterocycles. The number of fused-ring (bicyclic) bond motifs is 1. The van der Waals surface area contributed by atoms with Crippen LogP contribution in [0, 0.1) is 11.8 Å². The summed E-state index contributed by atoms with van der Waals surface area (Å²) in [6.07, 6.45) is 5.36. The minimum Gasteiger partial charge on any atom is -0.480 e. The number of thioether (sulfide) groups is 1. The molecule has 5 atom stereocenters. The van der Waals surface area contributed by atoms with Crippen molar-refractivity contribution in [3.8, 4) is 0 Å². The van der Waals surface area contributed by atoms with Crippen LogP contribution in [0.15, 0.2) is 0 Å². The number of carboxylic acid groups (broad SMARTS) is 1. The van der Waals surface area contributed by atoms with Gasteiger partial charge in [-0.15, -0.1) is 11.8 Å². The first-order valence-electron chi connectivity index (χ1n) is 8.03. The Hall–Kier alpha value is -0.750. The number of amides is 1. The molecule has 0 aromatic rings. The molecule has 1 amide bonds. The van der Waals surface area contributed by atoms with Crippen LogP contribution in [0.2, 0.25) is 0 Å². The molecule has 1 aliphatic carbocycles. The Kier molecular flexibility index (Phi) is 4.45. The van der Waals surface area contributed by atoms with Gasteiger partial charge in [-0.2, -0.15) is 0 Å². The zero-order valence-corrected chi connectivity index (χ0v) is 13.3. The molecule has 2 N–H and O–H groups in total. The smallest absolute Gasteiger partial charge is 0.327 e. The van der Waals surface area contributed by atoms with E-state index in [1.807, 2.05) is 0 Å². The van der Waals surface area contributed by atoms with Crippen LogP contribution in [0.25, 0.3) is 0 Å². The summed E-state index contributed by atoms with van der Waals surface area (Å²) in [6, 6.07) is -0.807. The molecule has 3 rings (SSSR count). The fraction of sp³-hybridized carbons (Fsp3) is 0.867. The highest BCUT2D eigenvalue weighted by atomic mass is 32.2. The maximum absolute atomic E-state index is 13.0. The largest absolute Gasteiger partial charge is 0.480 e. The van der Waals surface area contributed by atoms with E-state index in [9.17, 15) is 14.7 Å². The predicted molar refractivity (Wildman–Crippen MR) is 82.0 cm³/mol. The van der Waals surface area contributed by atoms with Gasteiger partial charge in [-0.1, -0.05) is 19.8 Å². The molecule has 0 radical (unpaired) electrons. The molecular formula is C15H24N2O3S. The van der Waals surface area contributed by atoms with Gasteiger partial charge in [0.1, 0.15) is 6.04 Å². The maximum atomic E-state index is 13.0. The highest BCUT2D eigenvalue weighted by molar-refractivity contribution is 8.00. The summed E-state index contributed by atoms with van der Waals surface area (Å²) in [5.41, 5.74) is 0. The van der Waals surface area contributed by atoms with Gasteiger partial charge in [-0.3, -0.25) is 4.79 Å².